The third kappa shape index (κ3) is 1.25. The largest absolute Gasteiger partial charge is 0.332 e. The summed E-state index contributed by atoms with van der Waals surface area (Å²) in [5, 5.41) is 0.614. The summed E-state index contributed by atoms with van der Waals surface area (Å²) in [6.07, 6.45) is 5.24. The van der Waals surface area contributed by atoms with Crippen LogP contribution >= 0.6 is 16.8 Å². The molecule has 0 radical (unpaired) electrons. The van der Waals surface area contributed by atoms with Gasteiger partial charge in [0.15, 0.2) is 0 Å². The highest BCUT2D eigenvalue weighted by Crippen LogP contribution is 2.64. The molecule has 0 saturated heterocycles. The first kappa shape index (κ1) is 8.20. The van der Waals surface area contributed by atoms with E-state index in [9.17, 15) is 0 Å². The van der Waals surface area contributed by atoms with Crippen LogP contribution in [-0.4, -0.2) is 18.4 Å². The maximum Gasteiger partial charge on any atom is 0.0985 e. The third-order valence-electron chi connectivity index (χ3n) is 1.40. The van der Waals surface area contributed by atoms with Crippen LogP contribution < -0.4 is 0 Å². The van der Waals surface area contributed by atoms with E-state index in [1.807, 2.05) is 17.1 Å². The van der Waals surface area contributed by atoms with E-state index in [1.165, 1.54) is 0 Å². The zero-order valence-corrected chi connectivity index (χ0v) is 8.39. The summed E-state index contributed by atoms with van der Waals surface area (Å²) < 4.78 is 2.03. The molecule has 1 heterocycles. The summed E-state index contributed by atoms with van der Waals surface area (Å²) in [7, 11) is 1.96. The predicted molar refractivity (Wildman–Crippen MR) is 52.5 cm³/mol. The first-order valence-corrected chi connectivity index (χ1v) is 7.43. The Morgan fingerprint density at radius 2 is 2.50 bits per heavy atom. The van der Waals surface area contributed by atoms with E-state index in [2.05, 4.69) is 12.6 Å². The van der Waals surface area contributed by atoms with E-state index in [-0.39, 0.29) is 0 Å². The van der Waals surface area contributed by atoms with Gasteiger partial charge in [-0.15, -0.1) is 6.42 Å². The summed E-state index contributed by atoms with van der Waals surface area (Å²) >= 11 is 7.01. The smallest absolute Gasteiger partial charge is 0.0985 e. The molecule has 0 saturated carbocycles. The van der Waals surface area contributed by atoms with Crippen LogP contribution in [0.2, 0.25) is 0 Å². The van der Waals surface area contributed by atoms with E-state index in [0.717, 1.165) is 5.70 Å². The fraction of sp³-hybridized carbons (Fsp3) is 0.333. The van der Waals surface area contributed by atoms with E-state index >= 15 is 0 Å². The SMILES string of the molecule is C#CC1=CSP(C)(=S)N1C. The molecular formula is C6H8NPS2. The van der Waals surface area contributed by atoms with Crippen molar-refractivity contribution in [1.82, 2.24) is 4.67 Å². The Morgan fingerprint density at radius 3 is 2.70 bits per heavy atom. The summed E-state index contributed by atoms with van der Waals surface area (Å²) in [5.41, 5.74) is 0.927. The highest BCUT2D eigenvalue weighted by atomic mass is 32.9. The van der Waals surface area contributed by atoms with Crippen molar-refractivity contribution in [3.8, 4) is 12.3 Å². The molecule has 0 aromatic rings. The van der Waals surface area contributed by atoms with E-state index in [0.29, 0.717) is 0 Å². The number of rotatable bonds is 0. The van der Waals surface area contributed by atoms with Crippen LogP contribution in [-0.2, 0) is 11.8 Å². The minimum atomic E-state index is -1.36. The van der Waals surface area contributed by atoms with Gasteiger partial charge in [-0.05, 0) is 6.66 Å². The molecular weight excluding hydrogens is 181 g/mol. The fourth-order valence-electron chi connectivity index (χ4n) is 0.618. The van der Waals surface area contributed by atoms with Crippen LogP contribution in [0.4, 0.5) is 0 Å². The lowest BCUT2D eigenvalue weighted by atomic mass is 10.5. The van der Waals surface area contributed by atoms with Crippen molar-refractivity contribution in [3.05, 3.63) is 11.1 Å². The fourth-order valence-corrected chi connectivity index (χ4v) is 4.09. The second-order valence-electron chi connectivity index (χ2n) is 2.08. The van der Waals surface area contributed by atoms with E-state index in [4.69, 9.17) is 18.2 Å². The lowest BCUT2D eigenvalue weighted by molar-refractivity contribution is 0.728. The molecule has 1 aliphatic rings. The Bertz CT molecular complexity index is 263. The molecule has 1 atom stereocenters. The van der Waals surface area contributed by atoms with Crippen molar-refractivity contribution in [3.63, 3.8) is 0 Å². The van der Waals surface area contributed by atoms with Gasteiger partial charge in [0, 0.05) is 12.5 Å². The Morgan fingerprint density at radius 1 is 1.90 bits per heavy atom. The van der Waals surface area contributed by atoms with Gasteiger partial charge in [0.1, 0.15) is 0 Å². The Hall–Kier alpha value is 0.1000. The average molecular weight is 189 g/mol. The van der Waals surface area contributed by atoms with Crippen molar-refractivity contribution in [2.75, 3.05) is 13.7 Å². The van der Waals surface area contributed by atoms with Crippen LogP contribution in [0.3, 0.4) is 0 Å². The molecule has 0 bridgehead atoms. The maximum atomic E-state index is 5.33. The van der Waals surface area contributed by atoms with Gasteiger partial charge in [0.05, 0.1) is 11.1 Å². The number of hydrogen-bond donors (Lipinski definition) is 0. The van der Waals surface area contributed by atoms with Gasteiger partial charge in [-0.2, -0.15) is 0 Å². The van der Waals surface area contributed by atoms with Gasteiger partial charge < -0.3 is 4.67 Å². The molecule has 1 aliphatic heterocycles. The lowest BCUT2D eigenvalue weighted by Crippen LogP contribution is -2.05. The van der Waals surface area contributed by atoms with Gasteiger partial charge in [-0.3, -0.25) is 0 Å². The normalized spacial score (nSPS) is 31.7. The monoisotopic (exact) mass is 189 g/mol. The van der Waals surface area contributed by atoms with Crippen molar-refractivity contribution in [2.45, 2.75) is 0 Å². The molecule has 4 heteroatoms. The van der Waals surface area contributed by atoms with E-state index < -0.39 is 5.39 Å². The standard InChI is InChI=1S/C6H8NPS2/c1-4-6-5-10-8(3,9)7(6)2/h1,5H,2-3H3. The molecule has 0 N–H and O–H groups in total. The van der Waals surface area contributed by atoms with Crippen molar-refractivity contribution in [2.24, 2.45) is 0 Å². The van der Waals surface area contributed by atoms with Crippen molar-refractivity contribution < 1.29 is 0 Å². The second-order valence-corrected chi connectivity index (χ2v) is 10.3. The van der Waals surface area contributed by atoms with Crippen molar-refractivity contribution >= 4 is 28.6 Å². The van der Waals surface area contributed by atoms with Gasteiger partial charge in [0.2, 0.25) is 0 Å². The van der Waals surface area contributed by atoms with Gasteiger partial charge >= 0.3 is 0 Å². The first-order chi connectivity index (χ1) is 4.58. The molecule has 1 rings (SSSR count). The number of hydrogen-bond acceptors (Lipinski definition) is 2. The summed E-state index contributed by atoms with van der Waals surface area (Å²) in [6.45, 7) is 2.08. The van der Waals surface area contributed by atoms with Gasteiger partial charge in [-0.25, -0.2) is 0 Å². The summed E-state index contributed by atoms with van der Waals surface area (Å²) in [6, 6.07) is 0. The predicted octanol–water partition coefficient (Wildman–Crippen LogP) is 2.08. The van der Waals surface area contributed by atoms with Crippen LogP contribution in [0.5, 0.6) is 0 Å². The highest BCUT2D eigenvalue weighted by Gasteiger charge is 2.23. The second kappa shape index (κ2) is 2.62. The topological polar surface area (TPSA) is 3.24 Å². The maximum absolute atomic E-state index is 5.33. The van der Waals surface area contributed by atoms with Crippen LogP contribution in [0.1, 0.15) is 0 Å². The molecule has 0 amide bonds. The third-order valence-corrected chi connectivity index (χ3v) is 7.16. The quantitative estimate of drug-likeness (QED) is 0.424. The molecule has 0 fully saturated rings. The van der Waals surface area contributed by atoms with Crippen LogP contribution in [0, 0.1) is 12.3 Å². The van der Waals surface area contributed by atoms with Crippen LogP contribution in [0.15, 0.2) is 11.1 Å². The molecule has 10 heavy (non-hydrogen) atoms. The average Bonchev–Trinajstić information content (AvgIpc) is 2.10. The van der Waals surface area contributed by atoms with Crippen LogP contribution in [0.25, 0.3) is 0 Å². The molecule has 0 spiro atoms. The van der Waals surface area contributed by atoms with Crippen molar-refractivity contribution in [1.29, 1.82) is 0 Å². The van der Waals surface area contributed by atoms with Gasteiger partial charge in [0.25, 0.3) is 0 Å². The molecule has 0 aromatic heterocycles. The first-order valence-electron chi connectivity index (χ1n) is 2.75. The molecule has 1 unspecified atom stereocenters. The molecule has 54 valence electrons. The number of terminal acetylenes is 1. The highest BCUT2D eigenvalue weighted by molar-refractivity contribution is 8.71. The Labute approximate surface area is 70.7 Å². The minimum Gasteiger partial charge on any atom is -0.332 e. The summed E-state index contributed by atoms with van der Waals surface area (Å²) in [5.74, 6) is 2.60. The molecule has 0 aliphatic carbocycles. The molecule has 1 nitrogen and oxygen atoms in total. The Balaban J connectivity index is 2.92. The van der Waals surface area contributed by atoms with E-state index in [1.54, 1.807) is 11.4 Å². The zero-order valence-electron chi connectivity index (χ0n) is 5.87. The molecule has 0 aromatic carbocycles. The van der Waals surface area contributed by atoms with Gasteiger partial charge in [-0.1, -0.05) is 29.1 Å². The number of nitrogens with zero attached hydrogens (tertiary/aromatic N) is 1. The Kier molecular flexibility index (Phi) is 2.15. The minimum absolute atomic E-state index is 0.927. The summed E-state index contributed by atoms with van der Waals surface area (Å²) in [4.78, 5) is 0. The zero-order chi connectivity index (χ0) is 7.78. The number of allylic oxidation sites excluding steroid dienone is 1. The lowest BCUT2D eigenvalue weighted by Gasteiger charge is -2.21.